The highest BCUT2D eigenvalue weighted by atomic mass is 32.1. The van der Waals surface area contributed by atoms with E-state index in [4.69, 9.17) is 26.4 Å². The van der Waals surface area contributed by atoms with Crippen LogP contribution in [0.1, 0.15) is 24.0 Å². The van der Waals surface area contributed by atoms with E-state index in [2.05, 4.69) is 16.3 Å². The summed E-state index contributed by atoms with van der Waals surface area (Å²) in [5, 5.41) is 4.11. The van der Waals surface area contributed by atoms with Gasteiger partial charge in [0, 0.05) is 31.8 Å². The molecule has 0 amide bonds. The zero-order valence-electron chi connectivity index (χ0n) is 16.5. The summed E-state index contributed by atoms with van der Waals surface area (Å²) in [4.78, 5) is 2.17. The SMILES string of the molecule is COc1ccc(CNC(=S)N(Cc2ccccc2OC)CC2CCCO2)cc1. The van der Waals surface area contributed by atoms with Crippen LogP contribution in [0.25, 0.3) is 0 Å². The Labute approximate surface area is 172 Å². The first-order valence-corrected chi connectivity index (χ1v) is 9.99. The van der Waals surface area contributed by atoms with Crippen molar-refractivity contribution in [2.24, 2.45) is 0 Å². The average molecular weight is 401 g/mol. The van der Waals surface area contributed by atoms with E-state index in [-0.39, 0.29) is 6.10 Å². The summed E-state index contributed by atoms with van der Waals surface area (Å²) in [5.74, 6) is 1.72. The van der Waals surface area contributed by atoms with Crippen molar-refractivity contribution in [3.05, 3.63) is 59.7 Å². The minimum atomic E-state index is 0.218. The molecule has 0 bridgehead atoms. The number of methoxy groups -OCH3 is 2. The van der Waals surface area contributed by atoms with E-state index in [1.54, 1.807) is 14.2 Å². The van der Waals surface area contributed by atoms with Gasteiger partial charge in [0.25, 0.3) is 0 Å². The van der Waals surface area contributed by atoms with Gasteiger partial charge in [-0.2, -0.15) is 0 Å². The molecule has 1 N–H and O–H groups in total. The first-order chi connectivity index (χ1) is 13.7. The Balaban J connectivity index is 1.66. The van der Waals surface area contributed by atoms with Crippen LogP contribution < -0.4 is 14.8 Å². The number of nitrogens with zero attached hydrogens (tertiary/aromatic N) is 1. The van der Waals surface area contributed by atoms with Crippen molar-refractivity contribution in [2.45, 2.75) is 32.0 Å². The molecule has 150 valence electrons. The van der Waals surface area contributed by atoms with Gasteiger partial charge in [0.2, 0.25) is 0 Å². The lowest BCUT2D eigenvalue weighted by molar-refractivity contribution is 0.0895. The molecule has 3 rings (SSSR count). The van der Waals surface area contributed by atoms with Crippen LogP contribution in [0.5, 0.6) is 11.5 Å². The van der Waals surface area contributed by atoms with Gasteiger partial charge in [0.1, 0.15) is 11.5 Å². The molecule has 1 aliphatic rings. The molecule has 0 radical (unpaired) electrons. The van der Waals surface area contributed by atoms with Crippen molar-refractivity contribution in [1.82, 2.24) is 10.2 Å². The van der Waals surface area contributed by atoms with Crippen LogP contribution in [0.3, 0.4) is 0 Å². The Morgan fingerprint density at radius 2 is 1.93 bits per heavy atom. The van der Waals surface area contributed by atoms with Crippen LogP contribution in [-0.2, 0) is 17.8 Å². The average Bonchev–Trinajstić information content (AvgIpc) is 3.25. The van der Waals surface area contributed by atoms with Gasteiger partial charge in [-0.15, -0.1) is 0 Å². The van der Waals surface area contributed by atoms with Gasteiger partial charge < -0.3 is 24.4 Å². The molecule has 6 heteroatoms. The monoisotopic (exact) mass is 400 g/mol. The maximum Gasteiger partial charge on any atom is 0.169 e. The zero-order chi connectivity index (χ0) is 19.8. The molecular formula is C22H28N2O3S. The van der Waals surface area contributed by atoms with Crippen molar-refractivity contribution >= 4 is 17.3 Å². The van der Waals surface area contributed by atoms with Crippen LogP contribution in [-0.4, -0.2) is 43.5 Å². The summed E-state index contributed by atoms with van der Waals surface area (Å²) < 4.78 is 16.6. The highest BCUT2D eigenvalue weighted by molar-refractivity contribution is 7.80. The molecule has 2 aromatic carbocycles. The molecule has 1 aliphatic heterocycles. The number of nitrogens with one attached hydrogen (secondary N) is 1. The fraction of sp³-hybridized carbons (Fsp3) is 0.409. The predicted octanol–water partition coefficient (Wildman–Crippen LogP) is 3.76. The summed E-state index contributed by atoms with van der Waals surface area (Å²) in [6.07, 6.45) is 2.40. The predicted molar refractivity (Wildman–Crippen MR) is 115 cm³/mol. The van der Waals surface area contributed by atoms with Gasteiger partial charge in [-0.1, -0.05) is 30.3 Å². The first kappa shape index (κ1) is 20.4. The lowest BCUT2D eigenvalue weighted by Gasteiger charge is -2.29. The van der Waals surface area contributed by atoms with Crippen molar-refractivity contribution in [1.29, 1.82) is 0 Å². The summed E-state index contributed by atoms with van der Waals surface area (Å²) in [7, 11) is 3.37. The molecule has 1 saturated heterocycles. The summed E-state index contributed by atoms with van der Waals surface area (Å²) >= 11 is 5.73. The minimum absolute atomic E-state index is 0.218. The van der Waals surface area contributed by atoms with E-state index >= 15 is 0 Å². The maximum absolute atomic E-state index is 5.84. The van der Waals surface area contributed by atoms with Gasteiger partial charge >= 0.3 is 0 Å². The van der Waals surface area contributed by atoms with E-state index < -0.39 is 0 Å². The van der Waals surface area contributed by atoms with Gasteiger partial charge in [-0.25, -0.2) is 0 Å². The molecule has 1 fully saturated rings. The molecule has 1 unspecified atom stereocenters. The van der Waals surface area contributed by atoms with Crippen LogP contribution in [0, 0.1) is 0 Å². The lowest BCUT2D eigenvalue weighted by Crippen LogP contribution is -2.42. The Kier molecular flexibility index (Phi) is 7.51. The molecule has 0 saturated carbocycles. The molecule has 28 heavy (non-hydrogen) atoms. The Bertz CT molecular complexity index is 761. The molecule has 1 atom stereocenters. The summed E-state index contributed by atoms with van der Waals surface area (Å²) in [6.45, 7) is 2.95. The molecule has 0 aromatic heterocycles. The van der Waals surface area contributed by atoms with Gasteiger partial charge in [0.15, 0.2) is 5.11 Å². The summed E-state index contributed by atoms with van der Waals surface area (Å²) in [5.41, 5.74) is 2.26. The highest BCUT2D eigenvalue weighted by Crippen LogP contribution is 2.21. The number of ether oxygens (including phenoxy) is 3. The fourth-order valence-electron chi connectivity index (χ4n) is 3.33. The molecule has 0 spiro atoms. The van der Waals surface area contributed by atoms with Crippen molar-refractivity contribution in [3.8, 4) is 11.5 Å². The standard InChI is InChI=1S/C22H28N2O3S/c1-25-19-11-9-17(10-12-19)14-23-22(28)24(16-20-7-5-13-27-20)15-18-6-3-4-8-21(18)26-2/h3-4,6,8-12,20H,5,7,13-16H2,1-2H3,(H,23,28). The normalized spacial score (nSPS) is 15.9. The second-order valence-corrected chi connectivity index (χ2v) is 7.22. The largest absolute Gasteiger partial charge is 0.497 e. The van der Waals surface area contributed by atoms with Crippen LogP contribution in [0.15, 0.2) is 48.5 Å². The second kappa shape index (κ2) is 10.3. The summed E-state index contributed by atoms with van der Waals surface area (Å²) in [6, 6.07) is 16.1. The van der Waals surface area contributed by atoms with Gasteiger partial charge in [0.05, 0.1) is 20.3 Å². The van der Waals surface area contributed by atoms with E-state index in [0.717, 1.165) is 53.7 Å². The van der Waals surface area contributed by atoms with Crippen molar-refractivity contribution in [2.75, 3.05) is 27.4 Å². The fourth-order valence-corrected chi connectivity index (χ4v) is 3.54. The lowest BCUT2D eigenvalue weighted by atomic mass is 10.1. The smallest absolute Gasteiger partial charge is 0.169 e. The third-order valence-electron chi connectivity index (χ3n) is 4.89. The molecule has 1 heterocycles. The van der Waals surface area contributed by atoms with E-state index in [1.807, 2.05) is 42.5 Å². The molecule has 2 aromatic rings. The zero-order valence-corrected chi connectivity index (χ0v) is 17.3. The van der Waals surface area contributed by atoms with Crippen LogP contribution >= 0.6 is 12.2 Å². The third-order valence-corrected chi connectivity index (χ3v) is 5.29. The number of hydrogen-bond acceptors (Lipinski definition) is 4. The topological polar surface area (TPSA) is 43.0 Å². The first-order valence-electron chi connectivity index (χ1n) is 9.59. The number of rotatable bonds is 8. The number of hydrogen-bond donors (Lipinski definition) is 1. The van der Waals surface area contributed by atoms with E-state index in [0.29, 0.717) is 13.1 Å². The minimum Gasteiger partial charge on any atom is -0.497 e. The second-order valence-electron chi connectivity index (χ2n) is 6.83. The quantitative estimate of drug-likeness (QED) is 0.681. The van der Waals surface area contributed by atoms with Crippen LogP contribution in [0.4, 0.5) is 0 Å². The van der Waals surface area contributed by atoms with Crippen molar-refractivity contribution < 1.29 is 14.2 Å². The third kappa shape index (κ3) is 5.59. The number of thiocarbonyl (C=S) groups is 1. The molecular weight excluding hydrogens is 372 g/mol. The molecule has 5 nitrogen and oxygen atoms in total. The Hall–Kier alpha value is -2.31. The van der Waals surface area contributed by atoms with E-state index in [1.165, 1.54) is 0 Å². The maximum atomic E-state index is 5.84. The van der Waals surface area contributed by atoms with Crippen molar-refractivity contribution in [3.63, 3.8) is 0 Å². The van der Waals surface area contributed by atoms with Crippen LogP contribution in [0.2, 0.25) is 0 Å². The Morgan fingerprint density at radius 3 is 2.61 bits per heavy atom. The Morgan fingerprint density at radius 1 is 1.14 bits per heavy atom. The number of para-hydroxylation sites is 1. The van der Waals surface area contributed by atoms with Gasteiger partial charge in [-0.3, -0.25) is 0 Å². The van der Waals surface area contributed by atoms with Gasteiger partial charge in [-0.05, 0) is 48.8 Å². The highest BCUT2D eigenvalue weighted by Gasteiger charge is 2.22. The number of benzene rings is 2. The molecule has 0 aliphatic carbocycles. The van der Waals surface area contributed by atoms with E-state index in [9.17, 15) is 0 Å².